The number of H-pyrrole nitrogens is 1. The largest absolute Gasteiger partial charge is 0.496 e. The second kappa shape index (κ2) is 10.1. The first-order valence-corrected chi connectivity index (χ1v) is 10.9. The molecule has 11 heteroatoms. The van der Waals surface area contributed by atoms with Crippen LogP contribution in [0.3, 0.4) is 0 Å². The summed E-state index contributed by atoms with van der Waals surface area (Å²) in [5, 5.41) is 13.8. The van der Waals surface area contributed by atoms with Gasteiger partial charge in [-0.3, -0.25) is 4.79 Å². The highest BCUT2D eigenvalue weighted by atomic mass is 79.9. The molecule has 0 aliphatic rings. The first-order chi connectivity index (χ1) is 15.6. The Morgan fingerprint density at radius 2 is 1.88 bits per heavy atom. The zero-order chi connectivity index (χ0) is 24.2. The highest BCUT2D eigenvalue weighted by Gasteiger charge is 2.32. The van der Waals surface area contributed by atoms with Gasteiger partial charge in [-0.25, -0.2) is 9.69 Å². The molecule has 0 fully saturated rings. The minimum atomic E-state index is -0.991. The number of rotatable bonds is 6. The Kier molecular flexibility index (Phi) is 7.44. The number of benzene rings is 2. The number of carbonyl (C=O) groups is 2. The Morgan fingerprint density at radius 1 is 1.18 bits per heavy atom. The number of imide groups is 1. The van der Waals surface area contributed by atoms with E-state index in [0.29, 0.717) is 22.8 Å². The quantitative estimate of drug-likeness (QED) is 0.507. The molecule has 2 aromatic carbocycles. The molecule has 1 heterocycles. The van der Waals surface area contributed by atoms with Crippen LogP contribution in [-0.2, 0) is 16.0 Å². The smallest absolute Gasteiger partial charge is 0.421 e. The fraction of sp³-hybridized carbons (Fsp3) is 0.318. The molecule has 0 aliphatic heterocycles. The summed E-state index contributed by atoms with van der Waals surface area (Å²) in [5.41, 5.74) is 7.22. The number of nitrogens with one attached hydrogen (secondary N) is 1. The maximum absolute atomic E-state index is 13.3. The first kappa shape index (κ1) is 24.3. The van der Waals surface area contributed by atoms with Gasteiger partial charge in [0, 0.05) is 5.56 Å². The number of aromatic amines is 1. The van der Waals surface area contributed by atoms with Crippen molar-refractivity contribution in [2.75, 3.05) is 12.0 Å². The van der Waals surface area contributed by atoms with E-state index < -0.39 is 23.6 Å². The van der Waals surface area contributed by atoms with Crippen LogP contribution in [0.4, 0.5) is 10.5 Å². The van der Waals surface area contributed by atoms with Crippen LogP contribution < -0.4 is 15.4 Å². The monoisotopic (exact) mass is 516 g/mol. The van der Waals surface area contributed by atoms with E-state index in [0.717, 1.165) is 14.9 Å². The molecule has 3 aromatic rings. The molecule has 3 rings (SSSR count). The number of tetrazole rings is 1. The van der Waals surface area contributed by atoms with Crippen molar-refractivity contribution in [2.24, 2.45) is 5.73 Å². The Morgan fingerprint density at radius 3 is 2.42 bits per heavy atom. The summed E-state index contributed by atoms with van der Waals surface area (Å²) in [6, 6.07) is 11.0. The highest BCUT2D eigenvalue weighted by Crippen LogP contribution is 2.27. The van der Waals surface area contributed by atoms with E-state index in [1.54, 1.807) is 58.2 Å². The van der Waals surface area contributed by atoms with Crippen LogP contribution in [-0.4, -0.2) is 51.4 Å². The lowest BCUT2D eigenvalue weighted by Gasteiger charge is -2.28. The average Bonchev–Trinajstić information content (AvgIpc) is 3.28. The zero-order valence-corrected chi connectivity index (χ0v) is 20.3. The van der Waals surface area contributed by atoms with E-state index in [1.165, 1.54) is 0 Å². The van der Waals surface area contributed by atoms with E-state index in [2.05, 4.69) is 36.6 Å². The standard InChI is InChI=1S/C22H25BrN6O4/c1-22(2,3)33-21(31)29(15-8-6-14(7-9-15)19-25-27-28-26-19)20(30)17(24)12-13-5-10-18(32-4)16(23)11-13/h5-11,17H,12,24H2,1-4H3,(H,25,26,27,28)/t17-/m0/s1. The number of amides is 2. The number of ether oxygens (including phenoxy) is 2. The molecular weight excluding hydrogens is 492 g/mol. The highest BCUT2D eigenvalue weighted by molar-refractivity contribution is 9.10. The van der Waals surface area contributed by atoms with E-state index in [1.807, 2.05) is 12.1 Å². The third-order valence-electron chi connectivity index (χ3n) is 4.51. The molecular formula is C22H25BrN6O4. The number of aromatic nitrogens is 4. The molecule has 33 heavy (non-hydrogen) atoms. The van der Waals surface area contributed by atoms with Gasteiger partial charge in [-0.2, -0.15) is 5.21 Å². The molecule has 1 atom stereocenters. The summed E-state index contributed by atoms with van der Waals surface area (Å²) >= 11 is 3.43. The van der Waals surface area contributed by atoms with Gasteiger partial charge >= 0.3 is 6.09 Å². The predicted octanol–water partition coefficient (Wildman–Crippen LogP) is 3.48. The maximum atomic E-state index is 13.3. The molecule has 10 nitrogen and oxygen atoms in total. The summed E-state index contributed by atoms with van der Waals surface area (Å²) in [5.74, 6) is 0.456. The molecule has 2 amide bonds. The molecule has 0 radical (unpaired) electrons. The number of nitrogens with two attached hydrogens (primary N) is 1. The van der Waals surface area contributed by atoms with Gasteiger partial charge in [0.25, 0.3) is 5.91 Å². The molecule has 1 aromatic heterocycles. The minimum absolute atomic E-state index is 0.210. The summed E-state index contributed by atoms with van der Waals surface area (Å²) in [4.78, 5) is 27.2. The second-order valence-electron chi connectivity index (χ2n) is 8.22. The van der Waals surface area contributed by atoms with Gasteiger partial charge in [-0.1, -0.05) is 6.07 Å². The minimum Gasteiger partial charge on any atom is -0.496 e. The lowest BCUT2D eigenvalue weighted by Crippen LogP contribution is -2.49. The molecule has 0 aliphatic carbocycles. The van der Waals surface area contributed by atoms with Crippen molar-refractivity contribution in [3.8, 4) is 17.1 Å². The fourth-order valence-electron chi connectivity index (χ4n) is 3.02. The maximum Gasteiger partial charge on any atom is 0.421 e. The number of hydrogen-bond donors (Lipinski definition) is 2. The second-order valence-corrected chi connectivity index (χ2v) is 9.07. The summed E-state index contributed by atoms with van der Waals surface area (Å²) in [7, 11) is 1.57. The summed E-state index contributed by atoms with van der Waals surface area (Å²) < 4.78 is 11.4. The van der Waals surface area contributed by atoms with Crippen LogP contribution in [0.2, 0.25) is 0 Å². The first-order valence-electron chi connectivity index (χ1n) is 10.1. The molecule has 174 valence electrons. The number of anilines is 1. The van der Waals surface area contributed by atoms with E-state index in [-0.39, 0.29) is 6.42 Å². The van der Waals surface area contributed by atoms with Crippen LogP contribution in [0.15, 0.2) is 46.9 Å². The van der Waals surface area contributed by atoms with Gasteiger partial charge in [0.05, 0.1) is 23.3 Å². The third kappa shape index (κ3) is 6.14. The van der Waals surface area contributed by atoms with Crippen LogP contribution in [0.5, 0.6) is 5.75 Å². The van der Waals surface area contributed by atoms with Crippen LogP contribution >= 0.6 is 15.9 Å². The van der Waals surface area contributed by atoms with Crippen LogP contribution in [0.25, 0.3) is 11.4 Å². The Bertz CT molecular complexity index is 1110. The molecule has 0 saturated carbocycles. The van der Waals surface area contributed by atoms with Crippen LogP contribution in [0, 0.1) is 0 Å². The normalized spacial score (nSPS) is 12.2. The number of hydrogen-bond acceptors (Lipinski definition) is 8. The van der Waals surface area contributed by atoms with Crippen LogP contribution in [0.1, 0.15) is 26.3 Å². The lowest BCUT2D eigenvalue weighted by atomic mass is 10.0. The number of carbonyl (C=O) groups excluding carboxylic acids is 2. The molecule has 0 saturated heterocycles. The molecule has 3 N–H and O–H groups in total. The fourth-order valence-corrected chi connectivity index (χ4v) is 3.61. The Labute approximate surface area is 199 Å². The third-order valence-corrected chi connectivity index (χ3v) is 5.13. The number of methoxy groups -OCH3 is 1. The van der Waals surface area contributed by atoms with E-state index in [9.17, 15) is 9.59 Å². The average molecular weight is 517 g/mol. The Hall–Kier alpha value is -3.31. The summed E-state index contributed by atoms with van der Waals surface area (Å²) in [6.45, 7) is 5.17. The molecule has 0 spiro atoms. The topological polar surface area (TPSA) is 136 Å². The van der Waals surface area contributed by atoms with Crippen molar-refractivity contribution in [3.05, 3.63) is 52.5 Å². The molecule has 0 unspecified atom stereocenters. The van der Waals surface area contributed by atoms with Gasteiger partial charge in [-0.15, -0.1) is 10.2 Å². The molecule has 0 bridgehead atoms. The number of halogens is 1. The van der Waals surface area contributed by atoms with Crippen molar-refractivity contribution in [1.29, 1.82) is 0 Å². The van der Waals surface area contributed by atoms with Gasteiger partial charge in [-0.05, 0) is 90.3 Å². The predicted molar refractivity (Wildman–Crippen MR) is 126 cm³/mol. The number of nitrogens with zero attached hydrogens (tertiary/aromatic N) is 4. The van der Waals surface area contributed by atoms with Crippen molar-refractivity contribution in [1.82, 2.24) is 20.6 Å². The Balaban J connectivity index is 1.87. The zero-order valence-electron chi connectivity index (χ0n) is 18.7. The van der Waals surface area contributed by atoms with Gasteiger partial charge in [0.2, 0.25) is 5.82 Å². The van der Waals surface area contributed by atoms with Crippen molar-refractivity contribution >= 4 is 33.6 Å². The van der Waals surface area contributed by atoms with Crippen molar-refractivity contribution in [2.45, 2.75) is 38.8 Å². The summed E-state index contributed by atoms with van der Waals surface area (Å²) in [6.07, 6.45) is -0.604. The van der Waals surface area contributed by atoms with Gasteiger partial charge in [0.15, 0.2) is 0 Å². The van der Waals surface area contributed by atoms with Gasteiger partial charge < -0.3 is 15.2 Å². The van der Waals surface area contributed by atoms with Crippen molar-refractivity contribution < 1.29 is 19.1 Å². The SMILES string of the molecule is COc1ccc(C[C@H](N)C(=O)N(C(=O)OC(C)(C)C)c2ccc(-c3nn[nH]n3)cc2)cc1Br. The lowest BCUT2D eigenvalue weighted by molar-refractivity contribution is -0.119. The van der Waals surface area contributed by atoms with Crippen molar-refractivity contribution in [3.63, 3.8) is 0 Å². The van der Waals surface area contributed by atoms with E-state index in [4.69, 9.17) is 15.2 Å². The van der Waals surface area contributed by atoms with Gasteiger partial charge in [0.1, 0.15) is 11.4 Å². The van der Waals surface area contributed by atoms with E-state index >= 15 is 0 Å².